The Labute approximate surface area is 116 Å². The van der Waals surface area contributed by atoms with Crippen LogP contribution in [-0.2, 0) is 28.0 Å². The standard InChI is InChI=1S/C10H15N2O6PS/c1-8(13)12-9-3-5-10(6-4-9)20(15,16)18-19(14,7-11)17-2/h3-6H,7,11H2,1-2H3,(H,12,13). The van der Waals surface area contributed by atoms with E-state index < -0.39 is 24.0 Å². The van der Waals surface area contributed by atoms with Crippen LogP contribution in [0.4, 0.5) is 5.69 Å². The van der Waals surface area contributed by atoms with E-state index in [2.05, 4.69) is 13.8 Å². The van der Waals surface area contributed by atoms with Crippen molar-refractivity contribution in [1.82, 2.24) is 0 Å². The van der Waals surface area contributed by atoms with Gasteiger partial charge < -0.3 is 15.6 Å². The van der Waals surface area contributed by atoms with E-state index in [0.29, 0.717) is 5.69 Å². The van der Waals surface area contributed by atoms with Gasteiger partial charge in [0.2, 0.25) is 5.91 Å². The van der Waals surface area contributed by atoms with Gasteiger partial charge in [0, 0.05) is 19.7 Å². The minimum absolute atomic E-state index is 0.225. The lowest BCUT2D eigenvalue weighted by Crippen LogP contribution is -2.12. The highest BCUT2D eigenvalue weighted by Gasteiger charge is 2.30. The Morgan fingerprint density at radius 3 is 2.30 bits per heavy atom. The van der Waals surface area contributed by atoms with Crippen molar-refractivity contribution < 1.29 is 26.3 Å². The Bertz CT molecular complexity index is 620. The predicted molar refractivity (Wildman–Crippen MR) is 72.7 cm³/mol. The average molecular weight is 322 g/mol. The van der Waals surface area contributed by atoms with E-state index in [9.17, 15) is 17.8 Å². The number of anilines is 1. The maximum absolute atomic E-state index is 11.9. The van der Waals surface area contributed by atoms with Crippen LogP contribution in [0.25, 0.3) is 0 Å². The van der Waals surface area contributed by atoms with Gasteiger partial charge in [-0.2, -0.15) is 12.4 Å². The van der Waals surface area contributed by atoms with Crippen LogP contribution in [0.5, 0.6) is 0 Å². The van der Waals surface area contributed by atoms with E-state index in [1.165, 1.54) is 31.2 Å². The Morgan fingerprint density at radius 2 is 1.90 bits per heavy atom. The molecule has 1 aromatic rings. The molecule has 0 saturated heterocycles. The third-order valence-electron chi connectivity index (χ3n) is 2.18. The number of hydrogen-bond donors (Lipinski definition) is 2. The summed E-state index contributed by atoms with van der Waals surface area (Å²) in [5.74, 6) is -0.288. The maximum atomic E-state index is 11.9. The molecule has 0 bridgehead atoms. The van der Waals surface area contributed by atoms with Crippen LogP contribution < -0.4 is 11.1 Å². The maximum Gasteiger partial charge on any atom is 0.358 e. The summed E-state index contributed by atoms with van der Waals surface area (Å²) in [5, 5.41) is 2.48. The molecule has 112 valence electrons. The third kappa shape index (κ3) is 4.39. The van der Waals surface area contributed by atoms with Gasteiger partial charge >= 0.3 is 17.7 Å². The number of carbonyl (C=O) groups excluding carboxylic acids is 1. The van der Waals surface area contributed by atoms with Gasteiger partial charge in [-0.3, -0.25) is 9.36 Å². The molecule has 1 rings (SSSR count). The quantitative estimate of drug-likeness (QED) is 0.751. The normalized spacial score (nSPS) is 14.6. The van der Waals surface area contributed by atoms with Gasteiger partial charge in [0.15, 0.2) is 0 Å². The van der Waals surface area contributed by atoms with Gasteiger partial charge in [0.05, 0.1) is 11.2 Å². The summed E-state index contributed by atoms with van der Waals surface area (Å²) in [6.45, 7) is 1.32. The highest BCUT2D eigenvalue weighted by atomic mass is 32.2. The molecular weight excluding hydrogens is 307 g/mol. The van der Waals surface area contributed by atoms with E-state index in [1.54, 1.807) is 0 Å². The van der Waals surface area contributed by atoms with Crippen molar-refractivity contribution in [2.75, 3.05) is 18.7 Å². The molecule has 0 fully saturated rings. The van der Waals surface area contributed by atoms with E-state index >= 15 is 0 Å². The fraction of sp³-hybridized carbons (Fsp3) is 0.300. The molecule has 0 aliphatic heterocycles. The van der Waals surface area contributed by atoms with Gasteiger partial charge in [-0.25, -0.2) is 0 Å². The molecule has 0 radical (unpaired) electrons. The topological polar surface area (TPSA) is 125 Å². The Hall–Kier alpha value is -1.25. The van der Waals surface area contributed by atoms with Crippen LogP contribution in [0.3, 0.4) is 0 Å². The average Bonchev–Trinajstić information content (AvgIpc) is 2.38. The number of hydrogen-bond acceptors (Lipinski definition) is 7. The number of rotatable bonds is 6. The second-order valence-electron chi connectivity index (χ2n) is 3.71. The zero-order chi connectivity index (χ0) is 15.4. The summed E-state index contributed by atoms with van der Waals surface area (Å²) < 4.78 is 44.5. The van der Waals surface area contributed by atoms with Crippen molar-refractivity contribution in [1.29, 1.82) is 0 Å². The van der Waals surface area contributed by atoms with Crippen LogP contribution >= 0.6 is 7.60 Å². The summed E-state index contributed by atoms with van der Waals surface area (Å²) in [6, 6.07) is 5.16. The van der Waals surface area contributed by atoms with E-state index in [4.69, 9.17) is 5.73 Å². The molecule has 0 aromatic heterocycles. The lowest BCUT2D eigenvalue weighted by atomic mass is 10.3. The predicted octanol–water partition coefficient (Wildman–Crippen LogP) is 1.11. The fourth-order valence-corrected chi connectivity index (χ4v) is 3.88. The van der Waals surface area contributed by atoms with Gasteiger partial charge in [0.1, 0.15) is 0 Å². The van der Waals surface area contributed by atoms with Crippen molar-refractivity contribution in [3.05, 3.63) is 24.3 Å². The fourth-order valence-electron chi connectivity index (χ4n) is 1.24. The number of nitrogens with two attached hydrogens (primary N) is 1. The molecule has 0 spiro atoms. The molecule has 1 atom stereocenters. The van der Waals surface area contributed by atoms with Gasteiger partial charge in [-0.05, 0) is 24.3 Å². The van der Waals surface area contributed by atoms with Crippen LogP contribution in [0, 0.1) is 0 Å². The van der Waals surface area contributed by atoms with Crippen molar-refractivity contribution in [3.8, 4) is 0 Å². The van der Waals surface area contributed by atoms with Crippen LogP contribution in [0.2, 0.25) is 0 Å². The first kappa shape index (κ1) is 16.8. The molecule has 0 saturated carbocycles. The van der Waals surface area contributed by atoms with Crippen molar-refractivity contribution in [3.63, 3.8) is 0 Å². The van der Waals surface area contributed by atoms with Crippen molar-refractivity contribution in [2.45, 2.75) is 11.8 Å². The summed E-state index contributed by atoms with van der Waals surface area (Å²) in [7, 11) is -7.11. The Morgan fingerprint density at radius 1 is 1.35 bits per heavy atom. The van der Waals surface area contributed by atoms with Gasteiger partial charge in [-0.15, -0.1) is 0 Å². The third-order valence-corrected chi connectivity index (χ3v) is 5.72. The van der Waals surface area contributed by atoms with E-state index in [0.717, 1.165) is 7.11 Å². The number of benzene rings is 1. The highest BCUT2D eigenvalue weighted by molar-refractivity contribution is 7.91. The first-order valence-electron chi connectivity index (χ1n) is 5.41. The van der Waals surface area contributed by atoms with Gasteiger partial charge in [0.25, 0.3) is 0 Å². The minimum atomic E-state index is -4.27. The van der Waals surface area contributed by atoms with Crippen LogP contribution in [0.1, 0.15) is 6.92 Å². The van der Waals surface area contributed by atoms with Crippen LogP contribution in [-0.4, -0.2) is 27.7 Å². The molecular formula is C10H15N2O6PS. The largest absolute Gasteiger partial charge is 0.358 e. The Balaban J connectivity index is 2.99. The minimum Gasteiger partial charge on any atom is -0.326 e. The molecule has 20 heavy (non-hydrogen) atoms. The number of amides is 1. The first-order chi connectivity index (χ1) is 9.22. The Kier molecular flexibility index (Phi) is 5.43. The molecule has 0 aliphatic carbocycles. The number of nitrogens with one attached hydrogen (secondary N) is 1. The molecule has 10 heteroatoms. The second kappa shape index (κ2) is 6.47. The highest BCUT2D eigenvalue weighted by Crippen LogP contribution is 2.48. The molecule has 1 amide bonds. The molecule has 0 heterocycles. The number of carbonyl (C=O) groups is 1. The SMILES string of the molecule is COP(=O)(CN)OS(=O)(=O)c1ccc(NC(C)=O)cc1. The molecule has 3 N–H and O–H groups in total. The summed E-state index contributed by atoms with van der Waals surface area (Å²) >= 11 is 0. The monoisotopic (exact) mass is 322 g/mol. The van der Waals surface area contributed by atoms with E-state index in [1.807, 2.05) is 0 Å². The molecule has 1 aromatic carbocycles. The summed E-state index contributed by atoms with van der Waals surface area (Å²) in [5.41, 5.74) is 5.58. The summed E-state index contributed by atoms with van der Waals surface area (Å²) in [6.07, 6.45) is -0.563. The first-order valence-corrected chi connectivity index (χ1v) is 8.55. The summed E-state index contributed by atoms with van der Waals surface area (Å²) in [4.78, 5) is 10.6. The van der Waals surface area contributed by atoms with Crippen molar-refractivity contribution in [2.24, 2.45) is 5.73 Å². The zero-order valence-corrected chi connectivity index (χ0v) is 12.6. The second-order valence-corrected chi connectivity index (χ2v) is 7.64. The van der Waals surface area contributed by atoms with Crippen molar-refractivity contribution >= 4 is 29.3 Å². The van der Waals surface area contributed by atoms with E-state index in [-0.39, 0.29) is 10.8 Å². The smallest absolute Gasteiger partial charge is 0.326 e. The lowest BCUT2D eigenvalue weighted by Gasteiger charge is -2.14. The zero-order valence-electron chi connectivity index (χ0n) is 10.9. The van der Waals surface area contributed by atoms with Crippen LogP contribution in [0.15, 0.2) is 29.2 Å². The lowest BCUT2D eigenvalue weighted by molar-refractivity contribution is -0.114. The van der Waals surface area contributed by atoms with Gasteiger partial charge in [-0.1, -0.05) is 0 Å². The molecule has 0 aliphatic rings. The molecule has 8 nitrogen and oxygen atoms in total. The molecule has 1 unspecified atom stereocenters.